The zero-order valence-electron chi connectivity index (χ0n) is 19.5. The van der Waals surface area contributed by atoms with Gasteiger partial charge in [-0.2, -0.15) is 0 Å². The van der Waals surface area contributed by atoms with Crippen LogP contribution in [0.1, 0.15) is 15.9 Å². The maximum Gasteiger partial charge on any atom is 0.264 e. The molecule has 0 unspecified atom stereocenters. The highest BCUT2D eigenvalue weighted by Gasteiger charge is 2.31. The number of hydrogen-bond acceptors (Lipinski definition) is 5. The zero-order valence-corrected chi connectivity index (χ0v) is 20.4. The minimum absolute atomic E-state index is 0.135. The van der Waals surface area contributed by atoms with Crippen LogP contribution in [0.2, 0.25) is 0 Å². The van der Waals surface area contributed by atoms with Crippen LogP contribution in [0, 0.1) is 0 Å². The van der Waals surface area contributed by atoms with Gasteiger partial charge in [-0.05, 0) is 48.4 Å². The molecule has 0 radical (unpaired) electrons. The number of benzene rings is 3. The lowest BCUT2D eigenvalue weighted by molar-refractivity contribution is 0.0620. The summed E-state index contributed by atoms with van der Waals surface area (Å²) in [5, 5.41) is 0. The summed E-state index contributed by atoms with van der Waals surface area (Å²) in [7, 11) is -3.74. The molecule has 7 nitrogen and oxygen atoms in total. The predicted octanol–water partition coefficient (Wildman–Crippen LogP) is 3.27. The number of carbonyl (C=O) groups excluding carboxylic acids is 1. The smallest absolute Gasteiger partial charge is 0.264 e. The summed E-state index contributed by atoms with van der Waals surface area (Å²) in [6.07, 6.45) is 0.689. The number of para-hydroxylation sites is 2. The van der Waals surface area contributed by atoms with Crippen LogP contribution in [-0.4, -0.2) is 70.0 Å². The van der Waals surface area contributed by atoms with Crippen molar-refractivity contribution < 1.29 is 17.9 Å². The van der Waals surface area contributed by atoms with E-state index in [1.54, 1.807) is 23.1 Å². The van der Waals surface area contributed by atoms with Crippen LogP contribution in [0.3, 0.4) is 0 Å². The fraction of sp³-hybridized carbons (Fsp3) is 0.296. The Bertz CT molecular complexity index is 1290. The summed E-state index contributed by atoms with van der Waals surface area (Å²) in [5.74, 6) is 0.720. The molecule has 0 aromatic heterocycles. The fourth-order valence-corrected chi connectivity index (χ4v) is 6.19. The zero-order chi connectivity index (χ0) is 24.3. The first kappa shape index (κ1) is 23.4. The van der Waals surface area contributed by atoms with Crippen LogP contribution in [0.4, 0.5) is 5.69 Å². The first-order valence-electron chi connectivity index (χ1n) is 11.9. The van der Waals surface area contributed by atoms with Crippen LogP contribution in [0.5, 0.6) is 5.75 Å². The second kappa shape index (κ2) is 10.1. The highest BCUT2D eigenvalue weighted by molar-refractivity contribution is 7.92. The average Bonchev–Trinajstić information content (AvgIpc) is 3.35. The lowest BCUT2D eigenvalue weighted by Gasteiger charge is -2.34. The largest absolute Gasteiger partial charge is 0.492 e. The van der Waals surface area contributed by atoms with Crippen molar-refractivity contribution in [2.24, 2.45) is 0 Å². The Labute approximate surface area is 206 Å². The van der Waals surface area contributed by atoms with E-state index in [0.717, 1.165) is 36.6 Å². The summed E-state index contributed by atoms with van der Waals surface area (Å²) in [5.41, 5.74) is 2.14. The Balaban J connectivity index is 1.20. The van der Waals surface area contributed by atoms with E-state index in [4.69, 9.17) is 4.74 Å². The molecule has 182 valence electrons. The van der Waals surface area contributed by atoms with Crippen LogP contribution >= 0.6 is 0 Å². The maximum atomic E-state index is 13.4. The van der Waals surface area contributed by atoms with E-state index in [0.29, 0.717) is 38.2 Å². The van der Waals surface area contributed by atoms with Gasteiger partial charge in [0.15, 0.2) is 0 Å². The number of carbonyl (C=O) groups is 1. The molecule has 2 aliphatic rings. The number of ether oxygens (including phenoxy) is 1. The van der Waals surface area contributed by atoms with E-state index in [1.807, 2.05) is 54.6 Å². The molecule has 2 heterocycles. The van der Waals surface area contributed by atoms with Crippen molar-refractivity contribution in [2.75, 3.05) is 50.2 Å². The molecular weight excluding hydrogens is 462 g/mol. The van der Waals surface area contributed by atoms with Gasteiger partial charge < -0.3 is 9.64 Å². The monoisotopic (exact) mass is 491 g/mol. The van der Waals surface area contributed by atoms with Gasteiger partial charge in [-0.3, -0.25) is 14.0 Å². The highest BCUT2D eigenvalue weighted by atomic mass is 32.2. The number of fused-ring (bicyclic) bond motifs is 1. The third kappa shape index (κ3) is 5.04. The van der Waals surface area contributed by atoms with Crippen molar-refractivity contribution in [1.82, 2.24) is 9.80 Å². The molecule has 35 heavy (non-hydrogen) atoms. The minimum Gasteiger partial charge on any atom is -0.492 e. The maximum absolute atomic E-state index is 13.4. The second-order valence-electron chi connectivity index (χ2n) is 8.78. The molecule has 0 saturated carbocycles. The van der Waals surface area contributed by atoms with Crippen molar-refractivity contribution in [2.45, 2.75) is 11.3 Å². The fourth-order valence-electron chi connectivity index (χ4n) is 4.64. The third-order valence-electron chi connectivity index (χ3n) is 6.59. The molecule has 3 aromatic rings. The highest BCUT2D eigenvalue weighted by Crippen LogP contribution is 2.32. The molecule has 5 rings (SSSR count). The average molecular weight is 492 g/mol. The topological polar surface area (TPSA) is 70.2 Å². The van der Waals surface area contributed by atoms with Crippen LogP contribution in [0.25, 0.3) is 0 Å². The number of anilines is 1. The summed E-state index contributed by atoms with van der Waals surface area (Å²) in [6, 6.07) is 23.7. The number of hydrogen-bond donors (Lipinski definition) is 0. The van der Waals surface area contributed by atoms with E-state index in [9.17, 15) is 13.2 Å². The number of piperazine rings is 1. The van der Waals surface area contributed by atoms with Gasteiger partial charge in [0.1, 0.15) is 12.4 Å². The van der Waals surface area contributed by atoms with Crippen molar-refractivity contribution in [3.8, 4) is 5.75 Å². The molecule has 0 bridgehead atoms. The van der Waals surface area contributed by atoms with Crippen molar-refractivity contribution in [3.63, 3.8) is 0 Å². The Morgan fingerprint density at radius 2 is 1.57 bits per heavy atom. The number of sulfonamides is 1. The van der Waals surface area contributed by atoms with Crippen molar-refractivity contribution in [1.29, 1.82) is 0 Å². The van der Waals surface area contributed by atoms with Crippen molar-refractivity contribution >= 4 is 21.6 Å². The molecule has 1 fully saturated rings. The minimum atomic E-state index is -3.74. The first-order valence-corrected chi connectivity index (χ1v) is 13.4. The normalized spacial score (nSPS) is 16.2. The number of rotatable bonds is 7. The van der Waals surface area contributed by atoms with E-state index < -0.39 is 10.0 Å². The molecular formula is C27H29N3O4S. The summed E-state index contributed by atoms with van der Waals surface area (Å²) in [4.78, 5) is 17.4. The van der Waals surface area contributed by atoms with Gasteiger partial charge >= 0.3 is 0 Å². The second-order valence-corrected chi connectivity index (χ2v) is 10.6. The van der Waals surface area contributed by atoms with Crippen LogP contribution in [-0.2, 0) is 16.4 Å². The Kier molecular flexibility index (Phi) is 6.74. The van der Waals surface area contributed by atoms with Crippen LogP contribution in [0.15, 0.2) is 83.8 Å². The number of amides is 1. The summed E-state index contributed by atoms with van der Waals surface area (Å²) < 4.78 is 34.0. The molecule has 0 N–H and O–H groups in total. The van der Waals surface area contributed by atoms with Crippen molar-refractivity contribution in [3.05, 3.63) is 90.0 Å². The van der Waals surface area contributed by atoms with Gasteiger partial charge in [-0.25, -0.2) is 8.42 Å². The molecule has 0 spiro atoms. The summed E-state index contributed by atoms with van der Waals surface area (Å²) >= 11 is 0. The van der Waals surface area contributed by atoms with E-state index in [2.05, 4.69) is 4.90 Å². The standard InChI is InChI=1S/C27H29N3O4S/c31-27(29-17-15-28(16-18-29)19-20-34-24-9-2-1-3-10-24)23-8-6-11-25(21-23)35(32,33)30-14-13-22-7-4-5-12-26(22)30/h1-12,21H,13-20H2. The summed E-state index contributed by atoms with van der Waals surface area (Å²) in [6.45, 7) is 4.51. The van der Waals surface area contributed by atoms with Gasteiger partial charge in [0.2, 0.25) is 0 Å². The van der Waals surface area contributed by atoms with Gasteiger partial charge in [0.05, 0.1) is 10.6 Å². The van der Waals surface area contributed by atoms with E-state index >= 15 is 0 Å². The quantitative estimate of drug-likeness (QED) is 0.507. The first-order chi connectivity index (χ1) is 17.0. The molecule has 0 atom stereocenters. The number of nitrogens with zero attached hydrogens (tertiary/aromatic N) is 3. The predicted molar refractivity (Wildman–Crippen MR) is 135 cm³/mol. The SMILES string of the molecule is O=C(c1cccc(S(=O)(=O)N2CCc3ccccc32)c1)N1CCN(CCOc2ccccc2)CC1. The van der Waals surface area contributed by atoms with Crippen LogP contribution < -0.4 is 9.04 Å². The Morgan fingerprint density at radius 3 is 2.37 bits per heavy atom. The van der Waals surface area contributed by atoms with E-state index in [-0.39, 0.29) is 10.8 Å². The van der Waals surface area contributed by atoms with E-state index in [1.165, 1.54) is 10.4 Å². The Morgan fingerprint density at radius 1 is 0.829 bits per heavy atom. The third-order valence-corrected chi connectivity index (χ3v) is 8.40. The molecule has 1 amide bonds. The van der Waals surface area contributed by atoms with Gasteiger partial charge in [0, 0.05) is 44.8 Å². The molecule has 1 saturated heterocycles. The van der Waals surface area contributed by atoms with Gasteiger partial charge in [0.25, 0.3) is 15.9 Å². The Hall–Kier alpha value is -3.36. The molecule has 0 aliphatic carbocycles. The lowest BCUT2D eigenvalue weighted by Crippen LogP contribution is -2.49. The lowest BCUT2D eigenvalue weighted by atomic mass is 10.2. The van der Waals surface area contributed by atoms with Gasteiger partial charge in [-0.15, -0.1) is 0 Å². The molecule has 3 aromatic carbocycles. The molecule has 2 aliphatic heterocycles. The molecule has 8 heteroatoms. The van der Waals surface area contributed by atoms with Gasteiger partial charge in [-0.1, -0.05) is 42.5 Å².